The van der Waals surface area contributed by atoms with Gasteiger partial charge in [0.2, 0.25) is 0 Å². The van der Waals surface area contributed by atoms with E-state index in [2.05, 4.69) is 16.5 Å². The average Bonchev–Trinajstić information content (AvgIpc) is 2.83. The summed E-state index contributed by atoms with van der Waals surface area (Å²) in [5.41, 5.74) is 4.68. The average molecular weight is 320 g/mol. The third-order valence-corrected chi connectivity index (χ3v) is 4.71. The van der Waals surface area contributed by atoms with Gasteiger partial charge in [-0.1, -0.05) is 11.6 Å². The highest BCUT2D eigenvalue weighted by atomic mass is 35.5. The first kappa shape index (κ1) is 15.4. The van der Waals surface area contributed by atoms with E-state index in [1.165, 1.54) is 16.8 Å². The van der Waals surface area contributed by atoms with Crippen LogP contribution in [0.3, 0.4) is 0 Å². The summed E-state index contributed by atoms with van der Waals surface area (Å²) in [7, 11) is 3.70. The van der Waals surface area contributed by atoms with Gasteiger partial charge in [0.15, 0.2) is 0 Å². The summed E-state index contributed by atoms with van der Waals surface area (Å²) >= 11 is 6.47. The molecule has 4 nitrogen and oxygen atoms in total. The van der Waals surface area contributed by atoms with Crippen LogP contribution in [0, 0.1) is 6.92 Å². The molecule has 0 fully saturated rings. The minimum absolute atomic E-state index is 0.265. The minimum Gasteiger partial charge on any atom is -0.496 e. The quantitative estimate of drug-likeness (QED) is 0.936. The Labute approximate surface area is 136 Å². The number of benzene rings is 1. The van der Waals surface area contributed by atoms with Crippen molar-refractivity contribution in [2.24, 2.45) is 7.05 Å². The first-order valence-electron chi connectivity index (χ1n) is 7.68. The number of aromatic nitrogens is 2. The molecule has 22 heavy (non-hydrogen) atoms. The van der Waals surface area contributed by atoms with Gasteiger partial charge in [-0.15, -0.1) is 0 Å². The van der Waals surface area contributed by atoms with E-state index >= 15 is 0 Å². The molecule has 1 aromatic heterocycles. The highest BCUT2D eigenvalue weighted by molar-refractivity contribution is 6.31. The maximum atomic E-state index is 6.47. The molecule has 1 aromatic carbocycles. The fraction of sp³-hybridized carbons (Fsp3) is 0.471. The monoisotopic (exact) mass is 319 g/mol. The maximum Gasteiger partial charge on any atom is 0.122 e. The Hall–Kier alpha value is -1.52. The minimum atomic E-state index is 0.265. The van der Waals surface area contributed by atoms with E-state index in [4.69, 9.17) is 16.3 Å². The number of hydrogen-bond acceptors (Lipinski definition) is 3. The number of hydrogen-bond donors (Lipinski definition) is 1. The Morgan fingerprint density at radius 1 is 1.45 bits per heavy atom. The fourth-order valence-electron chi connectivity index (χ4n) is 3.33. The summed E-state index contributed by atoms with van der Waals surface area (Å²) in [6, 6.07) is 6.28. The molecule has 0 amide bonds. The molecule has 0 aliphatic heterocycles. The molecule has 1 unspecified atom stereocenters. The van der Waals surface area contributed by atoms with E-state index in [0.717, 1.165) is 42.3 Å². The molecular weight excluding hydrogens is 298 g/mol. The molecule has 1 aliphatic rings. The molecule has 1 aliphatic carbocycles. The number of rotatable bonds is 4. The molecule has 0 spiro atoms. The molecule has 0 bridgehead atoms. The summed E-state index contributed by atoms with van der Waals surface area (Å²) in [4.78, 5) is 0. The number of aryl methyl sites for hydroxylation is 2. The van der Waals surface area contributed by atoms with E-state index in [1.54, 1.807) is 7.11 Å². The fourth-order valence-corrected chi connectivity index (χ4v) is 3.64. The van der Waals surface area contributed by atoms with Crippen LogP contribution in [0.4, 0.5) is 0 Å². The predicted octanol–water partition coefficient (Wildman–Crippen LogP) is 3.56. The van der Waals surface area contributed by atoms with Gasteiger partial charge in [0.25, 0.3) is 0 Å². The molecule has 0 radical (unpaired) electrons. The third kappa shape index (κ3) is 2.85. The van der Waals surface area contributed by atoms with Gasteiger partial charge in [-0.25, -0.2) is 0 Å². The van der Waals surface area contributed by atoms with Gasteiger partial charge in [-0.2, -0.15) is 5.10 Å². The summed E-state index contributed by atoms with van der Waals surface area (Å²) < 4.78 is 7.43. The van der Waals surface area contributed by atoms with Crippen LogP contribution in [0.2, 0.25) is 5.02 Å². The number of nitrogens with zero attached hydrogens (tertiary/aromatic N) is 2. The van der Waals surface area contributed by atoms with E-state index in [0.29, 0.717) is 0 Å². The first-order chi connectivity index (χ1) is 10.6. The van der Waals surface area contributed by atoms with Crippen LogP contribution in [0.5, 0.6) is 5.75 Å². The van der Waals surface area contributed by atoms with Crippen molar-refractivity contribution >= 4 is 11.6 Å². The van der Waals surface area contributed by atoms with Crippen molar-refractivity contribution in [3.05, 3.63) is 45.7 Å². The lowest BCUT2D eigenvalue weighted by atomic mass is 9.87. The van der Waals surface area contributed by atoms with Crippen molar-refractivity contribution in [1.82, 2.24) is 15.1 Å². The number of halogens is 1. The Balaban J connectivity index is 1.84. The summed E-state index contributed by atoms with van der Waals surface area (Å²) in [6.07, 6.45) is 3.27. The Morgan fingerprint density at radius 2 is 2.27 bits per heavy atom. The Kier molecular flexibility index (Phi) is 4.41. The van der Waals surface area contributed by atoms with Crippen molar-refractivity contribution in [3.63, 3.8) is 0 Å². The van der Waals surface area contributed by atoms with E-state index in [9.17, 15) is 0 Å². The van der Waals surface area contributed by atoms with Gasteiger partial charge in [0.1, 0.15) is 5.75 Å². The molecular formula is C17H22ClN3O. The second-order valence-electron chi connectivity index (χ2n) is 5.87. The van der Waals surface area contributed by atoms with Crippen LogP contribution >= 0.6 is 11.6 Å². The van der Waals surface area contributed by atoms with Gasteiger partial charge < -0.3 is 10.1 Å². The smallest absolute Gasteiger partial charge is 0.122 e. The number of fused-ring (bicyclic) bond motifs is 1. The number of nitrogens with one attached hydrogen (secondary N) is 1. The van der Waals surface area contributed by atoms with Gasteiger partial charge in [0.05, 0.1) is 18.5 Å². The van der Waals surface area contributed by atoms with Crippen molar-refractivity contribution in [1.29, 1.82) is 0 Å². The number of methoxy groups -OCH3 is 1. The lowest BCUT2D eigenvalue weighted by Crippen LogP contribution is -2.26. The normalized spacial score (nSPS) is 17.4. The Morgan fingerprint density at radius 3 is 2.95 bits per heavy atom. The van der Waals surface area contributed by atoms with Crippen molar-refractivity contribution in [2.75, 3.05) is 7.11 Å². The third-order valence-electron chi connectivity index (χ3n) is 4.38. The summed E-state index contributed by atoms with van der Waals surface area (Å²) in [5, 5.41) is 8.86. The summed E-state index contributed by atoms with van der Waals surface area (Å²) in [5.74, 6) is 0.947. The van der Waals surface area contributed by atoms with Crippen LogP contribution in [0.15, 0.2) is 18.2 Å². The van der Waals surface area contributed by atoms with Crippen LogP contribution in [0.25, 0.3) is 0 Å². The second kappa shape index (κ2) is 6.31. The van der Waals surface area contributed by atoms with Crippen LogP contribution in [-0.2, 0) is 20.0 Å². The van der Waals surface area contributed by atoms with Crippen LogP contribution in [0.1, 0.15) is 41.4 Å². The molecule has 118 valence electrons. The molecule has 1 atom stereocenters. The van der Waals surface area contributed by atoms with Crippen molar-refractivity contribution in [3.8, 4) is 5.75 Å². The van der Waals surface area contributed by atoms with Crippen LogP contribution in [-0.4, -0.2) is 16.9 Å². The van der Waals surface area contributed by atoms with E-state index < -0.39 is 0 Å². The molecule has 3 rings (SSSR count). The Bertz CT molecular complexity index is 681. The summed E-state index contributed by atoms with van der Waals surface area (Å²) in [6.45, 7) is 2.80. The predicted molar refractivity (Wildman–Crippen MR) is 88.5 cm³/mol. The zero-order valence-corrected chi connectivity index (χ0v) is 14.1. The van der Waals surface area contributed by atoms with E-state index in [-0.39, 0.29) is 6.04 Å². The van der Waals surface area contributed by atoms with Crippen LogP contribution < -0.4 is 10.1 Å². The van der Waals surface area contributed by atoms with Gasteiger partial charge in [-0.05, 0) is 49.9 Å². The first-order valence-corrected chi connectivity index (χ1v) is 8.06. The highest BCUT2D eigenvalue weighted by Crippen LogP contribution is 2.39. The molecule has 2 aromatic rings. The lowest BCUT2D eigenvalue weighted by molar-refractivity contribution is 0.394. The molecule has 0 saturated carbocycles. The highest BCUT2D eigenvalue weighted by Gasteiger charge is 2.25. The SMILES string of the molecule is COc1ccc(Cl)c2c1CCCC2NCc1cc(C)nn1C. The molecule has 0 saturated heterocycles. The molecule has 1 N–H and O–H groups in total. The molecule has 5 heteroatoms. The molecule has 1 heterocycles. The second-order valence-corrected chi connectivity index (χ2v) is 6.28. The van der Waals surface area contributed by atoms with E-state index in [1.807, 2.05) is 30.8 Å². The zero-order valence-electron chi connectivity index (χ0n) is 13.3. The van der Waals surface area contributed by atoms with Gasteiger partial charge >= 0.3 is 0 Å². The number of ether oxygens (including phenoxy) is 1. The van der Waals surface area contributed by atoms with Crippen molar-refractivity contribution < 1.29 is 4.74 Å². The van der Waals surface area contributed by atoms with Crippen molar-refractivity contribution in [2.45, 2.75) is 38.8 Å². The standard InChI is InChI=1S/C17H22ClN3O/c1-11-9-12(21(2)20-11)10-19-15-6-4-5-13-16(22-3)8-7-14(18)17(13)15/h7-9,15,19H,4-6,10H2,1-3H3. The van der Waals surface area contributed by atoms with Gasteiger partial charge in [-0.3, -0.25) is 4.68 Å². The lowest BCUT2D eigenvalue weighted by Gasteiger charge is -2.28. The van der Waals surface area contributed by atoms with Gasteiger partial charge in [0, 0.05) is 30.2 Å². The zero-order chi connectivity index (χ0) is 15.7. The topological polar surface area (TPSA) is 39.1 Å². The largest absolute Gasteiger partial charge is 0.496 e. The maximum absolute atomic E-state index is 6.47.